The predicted molar refractivity (Wildman–Crippen MR) is 203 cm³/mol. The average Bonchev–Trinajstić information content (AvgIpc) is 3.14. The van der Waals surface area contributed by atoms with Crippen molar-refractivity contribution in [3.8, 4) is 17.6 Å². The molecule has 0 saturated heterocycles. The largest absolute Gasteiger partial charge is 0.497 e. The molecule has 0 aliphatic heterocycles. The summed E-state index contributed by atoms with van der Waals surface area (Å²) in [6, 6.07) is 33.7. The number of benzene rings is 4. The second kappa shape index (κ2) is 19.3. The lowest BCUT2D eigenvalue weighted by Gasteiger charge is -2.39. The first-order chi connectivity index (χ1) is 24.9. The van der Waals surface area contributed by atoms with Crippen molar-refractivity contribution in [2.45, 2.75) is 69.7 Å². The minimum Gasteiger partial charge on any atom is -0.497 e. The van der Waals surface area contributed by atoms with Gasteiger partial charge in [-0.3, -0.25) is 4.18 Å². The van der Waals surface area contributed by atoms with E-state index in [0.717, 1.165) is 22.3 Å². The third kappa shape index (κ3) is 10.4. The number of ether oxygens (including phenoxy) is 3. The summed E-state index contributed by atoms with van der Waals surface area (Å²) in [4.78, 5) is 0.0337. The minimum atomic E-state index is -4.16. The Kier molecular flexibility index (Phi) is 15.2. The quantitative estimate of drug-likeness (QED) is 0.0378. The van der Waals surface area contributed by atoms with Gasteiger partial charge in [0.2, 0.25) is 0 Å². The summed E-state index contributed by atoms with van der Waals surface area (Å²) in [7, 11) is -2.73. The van der Waals surface area contributed by atoms with Gasteiger partial charge in [0.25, 0.3) is 18.6 Å². The molecule has 4 aromatic carbocycles. The molecular weight excluding hydrogens is 699 g/mol. The van der Waals surface area contributed by atoms with Gasteiger partial charge in [0.15, 0.2) is 0 Å². The van der Waals surface area contributed by atoms with E-state index in [1.807, 2.05) is 113 Å². The molecule has 2 unspecified atom stereocenters. The Morgan fingerprint density at radius 2 is 1.27 bits per heavy atom. The second-order valence-electron chi connectivity index (χ2n) is 12.6. The van der Waals surface area contributed by atoms with Gasteiger partial charge in [-0.2, -0.15) is 13.7 Å². The van der Waals surface area contributed by atoms with Gasteiger partial charge in [-0.25, -0.2) is 4.67 Å². The Balaban J connectivity index is 1.82. The average molecular weight is 749 g/mol. The van der Waals surface area contributed by atoms with E-state index in [1.165, 1.54) is 12.1 Å². The van der Waals surface area contributed by atoms with Crippen molar-refractivity contribution < 1.29 is 35.9 Å². The van der Waals surface area contributed by atoms with Crippen LogP contribution < -0.4 is 9.47 Å². The molecule has 0 spiro atoms. The summed E-state index contributed by atoms with van der Waals surface area (Å²) in [5, 5.41) is 9.28. The summed E-state index contributed by atoms with van der Waals surface area (Å²) < 4.78 is 65.7. The maximum absolute atomic E-state index is 13.5. The summed E-state index contributed by atoms with van der Waals surface area (Å²) >= 11 is 0. The van der Waals surface area contributed by atoms with Crippen LogP contribution in [0.5, 0.6) is 11.5 Å². The molecule has 0 aliphatic carbocycles. The fourth-order valence-electron chi connectivity index (χ4n) is 5.76. The highest BCUT2D eigenvalue weighted by atomic mass is 32.2. The smallest absolute Gasteiger partial charge is 0.297 e. The van der Waals surface area contributed by atoms with E-state index in [9.17, 15) is 13.7 Å². The standard InChI is InChI=1S/C40H49N2O8PS/c1-30(2)42(31(3)4)51(48-27-11-26-41)50-38(29-49-52(43,44)39-24-14-32(5)15-25-39)28-47-40(33-12-9-8-10-13-33,34-16-20-36(45-6)21-17-34)35-18-22-37(46-7)23-19-35/h8-10,12-25,30-31,38H,11,27-29H2,1-7H3. The molecular formula is C40H49N2O8PS. The maximum Gasteiger partial charge on any atom is 0.297 e. The van der Waals surface area contributed by atoms with Gasteiger partial charge in [-0.15, -0.1) is 0 Å². The van der Waals surface area contributed by atoms with Crippen LogP contribution in [0, 0.1) is 18.3 Å². The normalized spacial score (nSPS) is 13.2. The third-order valence-electron chi connectivity index (χ3n) is 8.28. The lowest BCUT2D eigenvalue weighted by molar-refractivity contribution is -0.0444. The molecule has 278 valence electrons. The van der Waals surface area contributed by atoms with Gasteiger partial charge >= 0.3 is 0 Å². The molecule has 0 bridgehead atoms. The van der Waals surface area contributed by atoms with Crippen molar-refractivity contribution in [2.24, 2.45) is 0 Å². The van der Waals surface area contributed by atoms with E-state index in [4.69, 9.17) is 27.4 Å². The fourth-order valence-corrected chi connectivity index (χ4v) is 8.38. The van der Waals surface area contributed by atoms with Crippen molar-refractivity contribution >= 4 is 18.6 Å². The van der Waals surface area contributed by atoms with Gasteiger partial charge in [0.1, 0.15) is 23.2 Å². The highest BCUT2D eigenvalue weighted by Crippen LogP contribution is 2.48. The molecule has 0 heterocycles. The number of methoxy groups -OCH3 is 2. The van der Waals surface area contributed by atoms with Crippen LogP contribution in [0.2, 0.25) is 0 Å². The van der Waals surface area contributed by atoms with Gasteiger partial charge in [0, 0.05) is 12.1 Å². The molecule has 0 aliphatic rings. The number of hydrogen-bond acceptors (Lipinski definition) is 10. The predicted octanol–water partition coefficient (Wildman–Crippen LogP) is 8.39. The van der Waals surface area contributed by atoms with E-state index in [0.29, 0.717) is 11.5 Å². The van der Waals surface area contributed by atoms with E-state index < -0.39 is 30.3 Å². The van der Waals surface area contributed by atoms with Crippen molar-refractivity contribution in [2.75, 3.05) is 34.0 Å². The molecule has 12 heteroatoms. The molecule has 0 N–H and O–H groups in total. The highest BCUT2D eigenvalue weighted by molar-refractivity contribution is 7.86. The van der Waals surface area contributed by atoms with Crippen LogP contribution in [0.3, 0.4) is 0 Å². The number of nitrogens with zero attached hydrogens (tertiary/aromatic N) is 2. The Labute approximate surface area is 310 Å². The summed E-state index contributed by atoms with van der Waals surface area (Å²) in [5.74, 6) is 1.36. The Morgan fingerprint density at radius 3 is 1.75 bits per heavy atom. The highest BCUT2D eigenvalue weighted by Gasteiger charge is 2.40. The Morgan fingerprint density at radius 1 is 0.750 bits per heavy atom. The van der Waals surface area contributed by atoms with Crippen LogP contribution in [0.15, 0.2) is 108 Å². The maximum atomic E-state index is 13.5. The van der Waals surface area contributed by atoms with Crippen LogP contribution >= 0.6 is 8.53 Å². The number of aryl methyl sites for hydroxylation is 1. The molecule has 4 aromatic rings. The number of rotatable bonds is 20. The molecule has 0 saturated carbocycles. The lowest BCUT2D eigenvalue weighted by Crippen LogP contribution is -2.39. The van der Waals surface area contributed by atoms with Crippen molar-refractivity contribution in [3.05, 3.63) is 125 Å². The van der Waals surface area contributed by atoms with Crippen LogP contribution in [0.1, 0.15) is 56.4 Å². The Bertz CT molecular complexity index is 1760. The topological polar surface area (TPSA) is 117 Å². The molecule has 0 amide bonds. The van der Waals surface area contributed by atoms with Gasteiger partial charge in [-0.05, 0) is 87.7 Å². The van der Waals surface area contributed by atoms with Crippen molar-refractivity contribution in [3.63, 3.8) is 0 Å². The molecule has 52 heavy (non-hydrogen) atoms. The van der Waals surface area contributed by atoms with Crippen molar-refractivity contribution in [1.82, 2.24) is 4.67 Å². The number of nitriles is 1. The third-order valence-corrected chi connectivity index (χ3v) is 11.8. The summed E-state index contributed by atoms with van der Waals surface area (Å²) in [5.41, 5.74) is 2.16. The summed E-state index contributed by atoms with van der Waals surface area (Å²) in [6.07, 6.45) is -0.773. The van der Waals surface area contributed by atoms with Crippen LogP contribution in [-0.4, -0.2) is 65.3 Å². The molecule has 4 rings (SSSR count). The molecule has 2 atom stereocenters. The molecule has 0 aromatic heterocycles. The van der Waals surface area contributed by atoms with E-state index in [-0.39, 0.29) is 43.2 Å². The SMILES string of the molecule is COc1ccc(C(OCC(COS(=O)(=O)c2ccc(C)cc2)OP(OCCC#N)N(C(C)C)C(C)C)(c2ccccc2)c2ccc(OC)cc2)cc1. The molecule has 0 fully saturated rings. The van der Waals surface area contributed by atoms with E-state index in [1.54, 1.807) is 26.4 Å². The monoisotopic (exact) mass is 748 g/mol. The minimum absolute atomic E-state index is 0.00832. The van der Waals surface area contributed by atoms with Gasteiger partial charge in [-0.1, -0.05) is 72.3 Å². The van der Waals surface area contributed by atoms with Crippen molar-refractivity contribution in [1.29, 1.82) is 5.26 Å². The van der Waals surface area contributed by atoms with Gasteiger partial charge in [0.05, 0.1) is 51.4 Å². The fraction of sp³-hybridized carbons (Fsp3) is 0.375. The second-order valence-corrected chi connectivity index (χ2v) is 15.7. The van der Waals surface area contributed by atoms with Crippen LogP contribution in [-0.2, 0) is 33.7 Å². The first-order valence-corrected chi connectivity index (χ1v) is 19.7. The Hall–Kier alpha value is -3.85. The zero-order valence-corrected chi connectivity index (χ0v) is 32.6. The molecule has 10 nitrogen and oxygen atoms in total. The first kappa shape index (κ1) is 40.9. The van der Waals surface area contributed by atoms with Crippen LogP contribution in [0.25, 0.3) is 0 Å². The zero-order chi connectivity index (χ0) is 37.7. The van der Waals surface area contributed by atoms with Gasteiger partial charge < -0.3 is 23.3 Å². The van der Waals surface area contributed by atoms with Crippen LogP contribution in [0.4, 0.5) is 0 Å². The van der Waals surface area contributed by atoms with E-state index >= 15 is 0 Å². The zero-order valence-electron chi connectivity index (χ0n) is 30.9. The number of hydrogen-bond donors (Lipinski definition) is 0. The molecule has 0 radical (unpaired) electrons. The van der Waals surface area contributed by atoms with E-state index in [2.05, 4.69) is 10.7 Å². The first-order valence-electron chi connectivity index (χ1n) is 17.1. The summed E-state index contributed by atoms with van der Waals surface area (Å²) in [6.45, 7) is 9.67. The lowest BCUT2D eigenvalue weighted by atomic mass is 9.80.